The summed E-state index contributed by atoms with van der Waals surface area (Å²) in [5.74, 6) is -8.14. The molecule has 0 aromatic heterocycles. The molecule has 4 fully saturated rings. The minimum Gasteiger partial charge on any atom is -0.351 e. The quantitative estimate of drug-likeness (QED) is 0.206. The number of carbonyl (C=O) groups excluding carboxylic acids is 11. The molecule has 2 saturated heterocycles. The zero-order valence-corrected chi connectivity index (χ0v) is 57.2. The van der Waals surface area contributed by atoms with Crippen LogP contribution in [-0.2, 0) is 65.3 Å². The van der Waals surface area contributed by atoms with E-state index in [1.165, 1.54) is 65.8 Å². The summed E-state index contributed by atoms with van der Waals surface area (Å²) in [5.41, 5.74) is -2.13. The Balaban J connectivity index is 1.54. The average molecular weight is 1320 g/mol. The predicted molar refractivity (Wildman–Crippen MR) is 342 cm³/mol. The largest absolute Gasteiger partial charge is 0.417 e. The molecule has 92 heavy (non-hydrogen) atoms. The monoisotopic (exact) mass is 1320 g/mol. The fraction of sp³-hybridized carbons (Fsp3) is 0.742. The number of halogens is 4. The lowest BCUT2D eigenvalue weighted by molar-refractivity contribution is -0.149. The molecular formula is C66H103ClF3N11O11. The highest BCUT2D eigenvalue weighted by molar-refractivity contribution is 6.31. The summed E-state index contributed by atoms with van der Waals surface area (Å²) >= 11 is 6.11. The number of hydrogen-bond acceptors (Lipinski definition) is 11. The maximum Gasteiger partial charge on any atom is 0.417 e. The van der Waals surface area contributed by atoms with Gasteiger partial charge in [-0.25, -0.2) is 0 Å². The van der Waals surface area contributed by atoms with Crippen molar-refractivity contribution in [3.05, 3.63) is 34.3 Å². The molecule has 22 nitrogen and oxygen atoms in total. The van der Waals surface area contributed by atoms with Gasteiger partial charge in [0.2, 0.25) is 65.0 Å². The maximum absolute atomic E-state index is 14.9. The van der Waals surface area contributed by atoms with Crippen molar-refractivity contribution in [3.63, 3.8) is 0 Å². The van der Waals surface area contributed by atoms with Gasteiger partial charge >= 0.3 is 6.18 Å². The highest BCUT2D eigenvalue weighted by Gasteiger charge is 2.49. The number of alkyl halides is 3. The van der Waals surface area contributed by atoms with E-state index in [9.17, 15) is 65.9 Å². The van der Waals surface area contributed by atoms with Crippen LogP contribution in [0.5, 0.6) is 0 Å². The minimum atomic E-state index is -4.73. The Morgan fingerprint density at radius 2 is 1.32 bits per heavy atom. The third kappa shape index (κ3) is 20.2. The van der Waals surface area contributed by atoms with Crippen molar-refractivity contribution in [1.29, 1.82) is 0 Å². The van der Waals surface area contributed by atoms with Gasteiger partial charge in [-0.05, 0) is 107 Å². The molecule has 2 aliphatic heterocycles. The summed E-state index contributed by atoms with van der Waals surface area (Å²) < 4.78 is 41.3. The number of carbonyl (C=O) groups is 11. The van der Waals surface area contributed by atoms with Gasteiger partial charge in [-0.3, -0.25) is 52.7 Å². The van der Waals surface area contributed by atoms with Gasteiger partial charge in [-0.2, -0.15) is 13.2 Å². The summed E-state index contributed by atoms with van der Waals surface area (Å²) in [5, 5.41) is 11.1. The first-order chi connectivity index (χ1) is 43.1. The molecule has 1 aromatic rings. The molecule has 516 valence electrons. The van der Waals surface area contributed by atoms with E-state index in [1.54, 1.807) is 34.6 Å². The van der Waals surface area contributed by atoms with Crippen molar-refractivity contribution < 1.29 is 65.9 Å². The SMILES string of the molecule is CC[C@H](C)[C@@H]1NC(=O)[C@H](CC(C)C)N(C)C(=O)CC(C)NC(=O)[C@H](C(C)C)N(C)C(=O)C2(CCCC2)NC(=O)[C@H]2CCCN(C2)C(=O)[C@H](CCc2ccc(C(F)(F)F)c(Cl)c2)NC(=O)CN(C)C(=O)[C@H](CC2CCCCC2)N(C)C(=O)CN(C)C(=O)CN(CC)C1=O. The Kier molecular flexibility index (Phi) is 28.2. The highest BCUT2D eigenvalue weighted by Crippen LogP contribution is 2.37. The number of benzene rings is 1. The Bertz CT molecular complexity index is 2800. The third-order valence-corrected chi connectivity index (χ3v) is 19.5. The van der Waals surface area contributed by atoms with E-state index in [4.69, 9.17) is 11.6 Å². The van der Waals surface area contributed by atoms with E-state index in [2.05, 4.69) is 21.3 Å². The number of rotatable bonds is 11. The molecule has 1 spiro atoms. The van der Waals surface area contributed by atoms with Gasteiger partial charge in [-0.1, -0.05) is 111 Å². The topological polar surface area (TPSA) is 259 Å². The molecule has 1 unspecified atom stereocenters. The van der Waals surface area contributed by atoms with Crippen LogP contribution in [0.15, 0.2) is 18.2 Å². The lowest BCUT2D eigenvalue weighted by atomic mass is 9.84. The molecule has 2 bridgehead atoms. The summed E-state index contributed by atoms with van der Waals surface area (Å²) in [6.07, 6.45) is 2.56. The Labute approximate surface area is 546 Å². The van der Waals surface area contributed by atoms with E-state index >= 15 is 0 Å². The van der Waals surface area contributed by atoms with Crippen molar-refractivity contribution in [2.24, 2.45) is 29.6 Å². The number of amides is 11. The van der Waals surface area contributed by atoms with Crippen molar-refractivity contribution in [3.8, 4) is 0 Å². The van der Waals surface area contributed by atoms with Crippen LogP contribution in [0.2, 0.25) is 5.02 Å². The first-order valence-electron chi connectivity index (χ1n) is 33.1. The number of hydrogen-bond donors (Lipinski definition) is 4. The average Bonchev–Trinajstić information content (AvgIpc) is 1.47. The van der Waals surface area contributed by atoms with Crippen LogP contribution in [0, 0.1) is 29.6 Å². The lowest BCUT2D eigenvalue weighted by Gasteiger charge is -2.40. The zero-order valence-electron chi connectivity index (χ0n) is 56.5. The van der Waals surface area contributed by atoms with E-state index in [1.807, 2.05) is 20.8 Å². The van der Waals surface area contributed by atoms with Gasteiger partial charge in [0.25, 0.3) is 0 Å². The summed E-state index contributed by atoms with van der Waals surface area (Å²) in [6.45, 7) is 12.8. The molecule has 0 radical (unpaired) electrons. The molecule has 2 heterocycles. The molecule has 4 N–H and O–H groups in total. The Morgan fingerprint density at radius 1 is 0.674 bits per heavy atom. The molecular weight excluding hydrogens is 1220 g/mol. The Hall–Kier alpha value is -6.53. The number of likely N-dealkylation sites (N-methyl/N-ethyl adjacent to an activating group) is 6. The predicted octanol–water partition coefficient (Wildman–Crippen LogP) is 5.80. The van der Waals surface area contributed by atoms with Crippen molar-refractivity contribution in [2.75, 3.05) is 74.5 Å². The number of nitrogens with one attached hydrogen (secondary N) is 4. The number of fused-ring (bicyclic) bond motifs is 2. The summed E-state index contributed by atoms with van der Waals surface area (Å²) in [6, 6.07) is -3.25. The lowest BCUT2D eigenvalue weighted by Crippen LogP contribution is -2.63. The second-order valence-electron chi connectivity index (χ2n) is 27.2. The molecule has 2 saturated carbocycles. The first-order valence-corrected chi connectivity index (χ1v) is 33.4. The van der Waals surface area contributed by atoms with Crippen LogP contribution >= 0.6 is 11.6 Å². The molecule has 4 aliphatic rings. The van der Waals surface area contributed by atoms with Gasteiger partial charge in [0.15, 0.2) is 0 Å². The number of piperidine rings is 1. The van der Waals surface area contributed by atoms with Gasteiger partial charge in [-0.15, -0.1) is 0 Å². The van der Waals surface area contributed by atoms with E-state index < -0.39 is 161 Å². The zero-order chi connectivity index (χ0) is 68.7. The van der Waals surface area contributed by atoms with E-state index in [0.717, 1.165) is 54.0 Å². The summed E-state index contributed by atoms with van der Waals surface area (Å²) in [7, 11) is 7.23. The van der Waals surface area contributed by atoms with Crippen molar-refractivity contribution in [2.45, 2.75) is 213 Å². The van der Waals surface area contributed by atoms with Crippen LogP contribution in [0.1, 0.15) is 169 Å². The van der Waals surface area contributed by atoms with Gasteiger partial charge in [0.1, 0.15) is 35.7 Å². The van der Waals surface area contributed by atoms with Gasteiger partial charge < -0.3 is 55.6 Å². The molecule has 8 atom stereocenters. The van der Waals surface area contributed by atoms with E-state index in [-0.39, 0.29) is 76.4 Å². The molecule has 5 rings (SSSR count). The van der Waals surface area contributed by atoms with Crippen molar-refractivity contribution >= 4 is 76.6 Å². The molecule has 26 heteroatoms. The standard InChI is InChI=1S/C66H103ClF3N11O11/c1-14-42(7)56-63(91)80(15-2)39-54(84)75(9)38-55(85)78(12)51(35-44-22-17-16-18-23-44)62(90)76(10)37-52(82)72-49(28-26-45-25-27-47(48(67)34-45)66(68,69)70)61(89)81-31-21-24-46(36-81)58(86)74-65(29-19-20-30-65)64(92)79(13)57(41(5)6)60(88)71-43(8)33-53(83)77(11)50(32-40(3)4)59(87)73-56/h25,27,34,40-44,46,49-51,56-57H,14-24,26,28-33,35-39H2,1-13H3,(H,71,88)(H,72,82)(H,73,87)(H,74,86)/t42-,43?,46-,49-,50-,51-,56-,57-/m0/s1. The fourth-order valence-electron chi connectivity index (χ4n) is 13.4. The van der Waals surface area contributed by atoms with Crippen LogP contribution in [0.3, 0.4) is 0 Å². The molecule has 2 aliphatic carbocycles. The number of nitrogens with zero attached hydrogens (tertiary/aromatic N) is 7. The first kappa shape index (κ1) is 76.2. The molecule has 1 aromatic carbocycles. The second-order valence-corrected chi connectivity index (χ2v) is 27.6. The smallest absolute Gasteiger partial charge is 0.351 e. The normalized spacial score (nSPS) is 26.1. The van der Waals surface area contributed by atoms with Crippen LogP contribution in [0.25, 0.3) is 0 Å². The highest BCUT2D eigenvalue weighted by atomic mass is 35.5. The van der Waals surface area contributed by atoms with Crippen LogP contribution in [-0.4, -0.2) is 216 Å². The summed E-state index contributed by atoms with van der Waals surface area (Å²) in [4.78, 5) is 169. The maximum atomic E-state index is 14.9. The Morgan fingerprint density at radius 3 is 1.90 bits per heavy atom. The van der Waals surface area contributed by atoms with E-state index in [0.29, 0.717) is 37.7 Å². The third-order valence-electron chi connectivity index (χ3n) is 19.2. The van der Waals surface area contributed by atoms with Gasteiger partial charge in [0, 0.05) is 67.3 Å². The minimum absolute atomic E-state index is 0.0290. The number of aryl methyl sites for hydroxylation is 1. The van der Waals surface area contributed by atoms with Crippen LogP contribution < -0.4 is 21.3 Å². The van der Waals surface area contributed by atoms with Crippen molar-refractivity contribution in [1.82, 2.24) is 55.6 Å². The van der Waals surface area contributed by atoms with Gasteiger partial charge in [0.05, 0.1) is 36.1 Å². The van der Waals surface area contributed by atoms with Crippen LogP contribution in [0.4, 0.5) is 13.2 Å². The fourth-order valence-corrected chi connectivity index (χ4v) is 13.7. The second kappa shape index (κ2) is 34.0. The molecule has 11 amide bonds.